The summed E-state index contributed by atoms with van der Waals surface area (Å²) in [5.41, 5.74) is 0.388. The molecule has 2 aliphatic carbocycles. The van der Waals surface area contributed by atoms with Crippen molar-refractivity contribution in [3.63, 3.8) is 0 Å². The summed E-state index contributed by atoms with van der Waals surface area (Å²) in [6.45, 7) is 2.01. The molecule has 10 heteroatoms. The number of thioether (sulfide) groups is 1. The molecule has 0 aromatic heterocycles. The maximum Gasteiger partial charge on any atom is 0.398 e. The molecule has 2 aliphatic rings. The monoisotopic (exact) mass is 470 g/mol. The Morgan fingerprint density at radius 2 is 1.68 bits per heavy atom. The first-order chi connectivity index (χ1) is 14.4. The van der Waals surface area contributed by atoms with Crippen molar-refractivity contribution >= 4 is 23.3 Å². The number of hydrogen-bond acceptors (Lipinski definition) is 2. The summed E-state index contributed by atoms with van der Waals surface area (Å²) in [6, 6.07) is 2.51. The smallest absolute Gasteiger partial charge is 0.373 e. The van der Waals surface area contributed by atoms with Crippen molar-refractivity contribution < 1.29 is 30.7 Å². The van der Waals surface area contributed by atoms with Gasteiger partial charge in [-0.15, -0.1) is 11.8 Å². The predicted molar refractivity (Wildman–Crippen MR) is 107 cm³/mol. The lowest BCUT2D eigenvalue weighted by Gasteiger charge is -2.30. The van der Waals surface area contributed by atoms with Crippen molar-refractivity contribution in [2.24, 2.45) is 22.7 Å². The van der Waals surface area contributed by atoms with E-state index in [1.165, 1.54) is 12.1 Å². The topological polar surface area (TPSA) is 24.4 Å². The van der Waals surface area contributed by atoms with Crippen molar-refractivity contribution in [2.75, 3.05) is 12.3 Å². The summed E-state index contributed by atoms with van der Waals surface area (Å²) in [6.07, 6.45) is -5.59. The van der Waals surface area contributed by atoms with Gasteiger partial charge in [0.15, 0.2) is 0 Å². The summed E-state index contributed by atoms with van der Waals surface area (Å²) in [7, 11) is 0. The highest BCUT2D eigenvalue weighted by Crippen LogP contribution is 2.40. The van der Waals surface area contributed by atoms with E-state index in [1.54, 1.807) is 6.92 Å². The van der Waals surface area contributed by atoms with Crippen LogP contribution in [0, 0.1) is 30.5 Å². The number of nitrogens with one attached hydrogen (secondary N) is 1. The number of hydrogen-bond donors (Lipinski definition) is 1. The first-order valence-corrected chi connectivity index (χ1v) is 11.3. The Balaban J connectivity index is 1.66. The molecule has 2 fully saturated rings. The van der Waals surface area contributed by atoms with E-state index in [1.807, 2.05) is 0 Å². The molecule has 31 heavy (non-hydrogen) atoms. The molecule has 2 nitrogen and oxygen atoms in total. The minimum Gasteiger partial charge on any atom is -0.373 e. The van der Waals surface area contributed by atoms with E-state index in [0.29, 0.717) is 47.4 Å². The molecular weight excluding hydrogens is 445 g/mol. The number of rotatable bonds is 6. The molecule has 0 saturated heterocycles. The van der Waals surface area contributed by atoms with Crippen LogP contribution in [-0.4, -0.2) is 30.5 Å². The van der Waals surface area contributed by atoms with Crippen LogP contribution in [0.1, 0.15) is 44.1 Å². The third kappa shape index (κ3) is 7.29. The fourth-order valence-corrected chi connectivity index (χ4v) is 4.55. The average molecular weight is 470 g/mol. The number of alkyl halides is 6. The predicted octanol–water partition coefficient (Wildman–Crippen LogP) is 7.19. The number of aryl methyl sites for hydroxylation is 1. The summed E-state index contributed by atoms with van der Waals surface area (Å²) >= 11 is 0.593. The number of amidine groups is 1. The molecule has 1 aromatic rings. The molecule has 0 atom stereocenters. The Kier molecular flexibility index (Phi) is 7.48. The van der Waals surface area contributed by atoms with Crippen LogP contribution in [0.15, 0.2) is 22.0 Å². The maximum atomic E-state index is 14.4. The average Bonchev–Trinajstić information content (AvgIpc) is 3.50. The third-order valence-corrected chi connectivity index (χ3v) is 6.94. The van der Waals surface area contributed by atoms with Crippen molar-refractivity contribution in [1.29, 1.82) is 0 Å². The van der Waals surface area contributed by atoms with Crippen molar-refractivity contribution in [2.45, 2.75) is 62.7 Å². The molecule has 0 spiro atoms. The molecule has 0 radical (unpaired) electrons. The molecule has 2 saturated carbocycles. The number of nitrogens with zero attached hydrogens (tertiary/aromatic N) is 1. The van der Waals surface area contributed by atoms with Gasteiger partial charge in [0.1, 0.15) is 17.3 Å². The van der Waals surface area contributed by atoms with Crippen molar-refractivity contribution in [1.82, 2.24) is 5.32 Å². The van der Waals surface area contributed by atoms with Crippen LogP contribution in [0.5, 0.6) is 0 Å². The SMILES string of the molecule is Cc1cc(F)c(/N=C(\NCC2CCC(C(F)(F)F)CC2)C2CC2)cc1SCC(F)(F)F. The van der Waals surface area contributed by atoms with Crippen LogP contribution in [-0.2, 0) is 0 Å². The molecule has 1 N–H and O–H groups in total. The zero-order chi connectivity index (χ0) is 22.8. The van der Waals surface area contributed by atoms with E-state index in [2.05, 4.69) is 10.3 Å². The van der Waals surface area contributed by atoms with Gasteiger partial charge in [-0.2, -0.15) is 26.3 Å². The maximum absolute atomic E-state index is 14.4. The molecular formula is C21H25F7N2S. The molecule has 3 rings (SSSR count). The van der Waals surface area contributed by atoms with Gasteiger partial charge in [0.05, 0.1) is 11.7 Å². The minimum atomic E-state index is -4.33. The van der Waals surface area contributed by atoms with Crippen molar-refractivity contribution in [3.8, 4) is 0 Å². The fraction of sp³-hybridized carbons (Fsp3) is 0.667. The normalized spacial score (nSPS) is 23.2. The molecule has 0 aliphatic heterocycles. The van der Waals surface area contributed by atoms with E-state index in [0.717, 1.165) is 12.8 Å². The summed E-state index contributed by atoms with van der Waals surface area (Å²) in [5.74, 6) is -2.15. The molecule has 0 bridgehead atoms. The van der Waals surface area contributed by atoms with Gasteiger partial charge in [0.25, 0.3) is 0 Å². The first-order valence-electron chi connectivity index (χ1n) is 10.3. The van der Waals surface area contributed by atoms with Crippen LogP contribution < -0.4 is 5.32 Å². The van der Waals surface area contributed by atoms with Gasteiger partial charge in [0, 0.05) is 17.4 Å². The van der Waals surface area contributed by atoms with E-state index < -0.39 is 29.8 Å². The highest BCUT2D eigenvalue weighted by molar-refractivity contribution is 7.99. The highest BCUT2D eigenvalue weighted by atomic mass is 32.2. The quantitative estimate of drug-likeness (QED) is 0.206. The Morgan fingerprint density at radius 1 is 1.03 bits per heavy atom. The van der Waals surface area contributed by atoms with Gasteiger partial charge in [-0.25, -0.2) is 9.38 Å². The zero-order valence-corrected chi connectivity index (χ0v) is 17.9. The van der Waals surface area contributed by atoms with E-state index >= 15 is 0 Å². The third-order valence-electron chi connectivity index (χ3n) is 5.72. The highest BCUT2D eigenvalue weighted by Gasteiger charge is 2.41. The first kappa shape index (κ1) is 24.2. The van der Waals surface area contributed by atoms with E-state index in [9.17, 15) is 30.7 Å². The van der Waals surface area contributed by atoms with Gasteiger partial charge in [-0.05, 0) is 69.1 Å². The molecule has 0 unspecified atom stereocenters. The van der Waals surface area contributed by atoms with Gasteiger partial charge >= 0.3 is 12.4 Å². The second kappa shape index (κ2) is 9.58. The van der Waals surface area contributed by atoms with E-state index in [-0.39, 0.29) is 30.4 Å². The van der Waals surface area contributed by atoms with Gasteiger partial charge < -0.3 is 5.32 Å². The van der Waals surface area contributed by atoms with Crippen LogP contribution in [0.2, 0.25) is 0 Å². The van der Waals surface area contributed by atoms with Gasteiger partial charge in [-0.3, -0.25) is 0 Å². The van der Waals surface area contributed by atoms with Gasteiger partial charge in [-0.1, -0.05) is 0 Å². The second-order valence-electron chi connectivity index (χ2n) is 8.38. The summed E-state index contributed by atoms with van der Waals surface area (Å²) < 4.78 is 90.5. The van der Waals surface area contributed by atoms with Crippen molar-refractivity contribution in [3.05, 3.63) is 23.5 Å². The number of aliphatic imine (C=N–C) groups is 1. The van der Waals surface area contributed by atoms with Crippen LogP contribution in [0.4, 0.5) is 36.4 Å². The Labute approximate surface area is 181 Å². The Morgan fingerprint density at radius 3 is 2.23 bits per heavy atom. The van der Waals surface area contributed by atoms with Crippen LogP contribution in [0.3, 0.4) is 0 Å². The Hall–Kier alpha value is -1.45. The number of benzene rings is 1. The number of halogens is 7. The molecule has 0 amide bonds. The largest absolute Gasteiger partial charge is 0.398 e. The second-order valence-corrected chi connectivity index (χ2v) is 9.40. The fourth-order valence-electron chi connectivity index (χ4n) is 3.75. The lowest BCUT2D eigenvalue weighted by atomic mass is 9.81. The Bertz CT molecular complexity index is 792. The minimum absolute atomic E-state index is 0.0227. The lowest BCUT2D eigenvalue weighted by molar-refractivity contribution is -0.183. The van der Waals surface area contributed by atoms with Gasteiger partial charge in [0.2, 0.25) is 0 Å². The van der Waals surface area contributed by atoms with E-state index in [4.69, 9.17) is 0 Å². The molecule has 0 heterocycles. The lowest BCUT2D eigenvalue weighted by Crippen LogP contribution is -2.34. The van der Waals surface area contributed by atoms with Crippen LogP contribution in [0.25, 0.3) is 0 Å². The zero-order valence-electron chi connectivity index (χ0n) is 17.0. The summed E-state index contributed by atoms with van der Waals surface area (Å²) in [4.78, 5) is 4.68. The molecule has 1 aromatic carbocycles. The van der Waals surface area contributed by atoms with Crippen LogP contribution >= 0.6 is 11.8 Å². The summed E-state index contributed by atoms with van der Waals surface area (Å²) in [5, 5.41) is 3.19. The molecule has 174 valence electrons. The standard InChI is InChI=1S/C21H25F7N2S/c1-12-8-16(22)17(9-18(12)31-11-20(23,24)25)30-19(14-4-5-14)29-10-13-2-6-15(7-3-13)21(26,27)28/h8-9,13-15H,2-7,10-11H2,1H3,(H,29,30).